The van der Waals surface area contributed by atoms with Crippen molar-refractivity contribution in [2.75, 3.05) is 19.7 Å². The van der Waals surface area contributed by atoms with Crippen molar-refractivity contribution >= 4 is 11.0 Å². The lowest BCUT2D eigenvalue weighted by Crippen LogP contribution is -2.50. The second-order valence-corrected chi connectivity index (χ2v) is 7.67. The number of ether oxygens (including phenoxy) is 2. The molecule has 2 aliphatic heterocycles. The molecule has 0 amide bonds. The monoisotopic (exact) mass is 382 g/mol. The molecule has 146 valence electrons. The summed E-state index contributed by atoms with van der Waals surface area (Å²) < 4.78 is 30.8. The first-order valence-corrected chi connectivity index (χ1v) is 9.86. The lowest BCUT2D eigenvalue weighted by Gasteiger charge is -2.40. The highest BCUT2D eigenvalue weighted by atomic mass is 19.1. The summed E-state index contributed by atoms with van der Waals surface area (Å²) in [6.45, 7) is 4.69. The predicted octanol–water partition coefficient (Wildman–Crippen LogP) is 4.37. The van der Waals surface area contributed by atoms with Crippen molar-refractivity contribution in [2.24, 2.45) is 0 Å². The van der Waals surface area contributed by atoms with Crippen molar-refractivity contribution in [1.29, 1.82) is 0 Å². The second-order valence-electron chi connectivity index (χ2n) is 7.67. The Morgan fingerprint density at radius 2 is 1.89 bits per heavy atom. The van der Waals surface area contributed by atoms with E-state index in [0.717, 1.165) is 48.5 Å². The third-order valence-corrected chi connectivity index (χ3v) is 6.02. The molecule has 2 aromatic carbocycles. The molecule has 0 saturated carbocycles. The Bertz CT molecular complexity index is 981. The molecular weight excluding hydrogens is 359 g/mol. The molecule has 28 heavy (non-hydrogen) atoms. The van der Waals surface area contributed by atoms with Gasteiger partial charge in [0.25, 0.3) is 0 Å². The Morgan fingerprint density at radius 3 is 2.71 bits per heavy atom. The molecule has 0 radical (unpaired) electrons. The predicted molar refractivity (Wildman–Crippen MR) is 103 cm³/mol. The molecule has 3 heterocycles. The van der Waals surface area contributed by atoms with Gasteiger partial charge in [0.05, 0.1) is 5.69 Å². The van der Waals surface area contributed by atoms with Gasteiger partial charge in [-0.15, -0.1) is 0 Å². The Labute approximate surface area is 163 Å². The van der Waals surface area contributed by atoms with Gasteiger partial charge in [0, 0.05) is 23.4 Å². The highest BCUT2D eigenvalue weighted by Crippen LogP contribution is 2.35. The third kappa shape index (κ3) is 3.11. The van der Waals surface area contributed by atoms with E-state index in [0.29, 0.717) is 18.1 Å². The maximum absolute atomic E-state index is 13.4. The van der Waals surface area contributed by atoms with Crippen LogP contribution in [0.3, 0.4) is 0 Å². The standard InChI is InChI=1S/C22H23FN2O3/c1-14(21-13-26-18-4-2-3-5-19(18)27-21)25-10-8-15(9-11-25)22-17-7-6-16(23)12-20(17)28-24-22/h2-7,12,14-15,21H,8-11,13H2,1H3. The zero-order chi connectivity index (χ0) is 19.1. The molecular formula is C22H23FN2O3. The average Bonchev–Trinajstić information content (AvgIpc) is 3.16. The summed E-state index contributed by atoms with van der Waals surface area (Å²) in [5.74, 6) is 1.68. The number of hydrogen-bond donors (Lipinski definition) is 0. The summed E-state index contributed by atoms with van der Waals surface area (Å²) in [6, 6.07) is 12.7. The van der Waals surface area contributed by atoms with Crippen molar-refractivity contribution < 1.29 is 18.4 Å². The van der Waals surface area contributed by atoms with Crippen LogP contribution in [-0.2, 0) is 0 Å². The molecule has 1 saturated heterocycles. The lowest BCUT2D eigenvalue weighted by molar-refractivity contribution is 0.0119. The summed E-state index contributed by atoms with van der Waals surface area (Å²) in [5.41, 5.74) is 1.48. The van der Waals surface area contributed by atoms with Gasteiger partial charge in [-0.25, -0.2) is 4.39 Å². The van der Waals surface area contributed by atoms with E-state index in [1.165, 1.54) is 12.1 Å². The van der Waals surface area contributed by atoms with Gasteiger partial charge in [0.1, 0.15) is 18.5 Å². The summed E-state index contributed by atoms with van der Waals surface area (Å²) in [5, 5.41) is 5.16. The minimum atomic E-state index is -0.296. The van der Waals surface area contributed by atoms with Crippen molar-refractivity contribution in [2.45, 2.75) is 37.8 Å². The number of hydrogen-bond acceptors (Lipinski definition) is 5. The maximum atomic E-state index is 13.4. The van der Waals surface area contributed by atoms with Crippen LogP contribution in [-0.4, -0.2) is 41.9 Å². The summed E-state index contributed by atoms with van der Waals surface area (Å²) in [7, 11) is 0. The molecule has 5 nitrogen and oxygen atoms in total. The number of piperidine rings is 1. The molecule has 0 bridgehead atoms. The van der Waals surface area contributed by atoms with E-state index in [1.807, 2.05) is 24.3 Å². The van der Waals surface area contributed by atoms with Crippen molar-refractivity contribution in [3.8, 4) is 11.5 Å². The fraction of sp³-hybridized carbons (Fsp3) is 0.409. The van der Waals surface area contributed by atoms with E-state index in [2.05, 4.69) is 17.0 Å². The van der Waals surface area contributed by atoms with E-state index < -0.39 is 0 Å². The molecule has 6 heteroatoms. The highest BCUT2D eigenvalue weighted by Gasteiger charge is 2.33. The van der Waals surface area contributed by atoms with Crippen molar-refractivity contribution in [3.05, 3.63) is 54.0 Å². The van der Waals surface area contributed by atoms with Gasteiger partial charge in [0.15, 0.2) is 17.1 Å². The first kappa shape index (κ1) is 17.5. The Balaban J connectivity index is 1.24. The number of rotatable bonds is 3. The van der Waals surface area contributed by atoms with Crippen LogP contribution in [0.5, 0.6) is 11.5 Å². The molecule has 1 aromatic heterocycles. The van der Waals surface area contributed by atoms with Gasteiger partial charge in [0.2, 0.25) is 0 Å². The van der Waals surface area contributed by atoms with Gasteiger partial charge in [-0.3, -0.25) is 4.90 Å². The van der Waals surface area contributed by atoms with E-state index >= 15 is 0 Å². The normalized spacial score (nSPS) is 21.7. The largest absolute Gasteiger partial charge is 0.486 e. The fourth-order valence-electron chi connectivity index (χ4n) is 4.31. The van der Waals surface area contributed by atoms with Crippen LogP contribution in [0.15, 0.2) is 47.0 Å². The van der Waals surface area contributed by atoms with E-state index in [9.17, 15) is 4.39 Å². The summed E-state index contributed by atoms with van der Waals surface area (Å²) in [4.78, 5) is 2.46. The van der Waals surface area contributed by atoms with E-state index in [1.54, 1.807) is 6.07 Å². The highest BCUT2D eigenvalue weighted by molar-refractivity contribution is 5.79. The molecule has 2 aliphatic rings. The first-order chi connectivity index (χ1) is 13.7. The summed E-state index contributed by atoms with van der Waals surface area (Å²) in [6.07, 6.45) is 2.00. The van der Waals surface area contributed by atoms with E-state index in [-0.39, 0.29) is 18.0 Å². The molecule has 1 fully saturated rings. The number of aromatic nitrogens is 1. The zero-order valence-corrected chi connectivity index (χ0v) is 15.8. The average molecular weight is 382 g/mol. The van der Waals surface area contributed by atoms with Gasteiger partial charge < -0.3 is 14.0 Å². The number of para-hydroxylation sites is 2. The number of fused-ring (bicyclic) bond motifs is 2. The topological polar surface area (TPSA) is 47.7 Å². The molecule has 5 rings (SSSR count). The molecule has 0 spiro atoms. The quantitative estimate of drug-likeness (QED) is 0.673. The van der Waals surface area contributed by atoms with Gasteiger partial charge >= 0.3 is 0 Å². The molecule has 3 aromatic rings. The Hall–Kier alpha value is -2.60. The number of nitrogens with zero attached hydrogens (tertiary/aromatic N) is 2. The van der Waals surface area contributed by atoms with Crippen LogP contribution in [0.25, 0.3) is 11.0 Å². The molecule has 0 aliphatic carbocycles. The Morgan fingerprint density at radius 1 is 1.11 bits per heavy atom. The van der Waals surface area contributed by atoms with Crippen LogP contribution < -0.4 is 9.47 Å². The smallest absolute Gasteiger partial charge is 0.170 e. The SMILES string of the molecule is CC(C1COc2ccccc2O1)N1CCC(c2noc3cc(F)ccc23)CC1. The third-order valence-electron chi connectivity index (χ3n) is 6.02. The van der Waals surface area contributed by atoms with Crippen LogP contribution >= 0.6 is 0 Å². The minimum absolute atomic E-state index is 0.0160. The Kier molecular flexibility index (Phi) is 4.43. The molecule has 2 atom stereocenters. The fourth-order valence-corrected chi connectivity index (χ4v) is 4.31. The zero-order valence-electron chi connectivity index (χ0n) is 15.8. The van der Waals surface area contributed by atoms with Crippen LogP contribution in [0, 0.1) is 5.82 Å². The molecule has 0 N–H and O–H groups in total. The number of benzene rings is 2. The van der Waals surface area contributed by atoms with Gasteiger partial charge in [-0.05, 0) is 57.1 Å². The van der Waals surface area contributed by atoms with Gasteiger partial charge in [-0.1, -0.05) is 17.3 Å². The minimum Gasteiger partial charge on any atom is -0.486 e. The van der Waals surface area contributed by atoms with Gasteiger partial charge in [-0.2, -0.15) is 0 Å². The summed E-state index contributed by atoms with van der Waals surface area (Å²) >= 11 is 0. The number of likely N-dealkylation sites (tertiary alicyclic amines) is 1. The van der Waals surface area contributed by atoms with E-state index in [4.69, 9.17) is 14.0 Å². The van der Waals surface area contributed by atoms with Crippen LogP contribution in [0.4, 0.5) is 4.39 Å². The maximum Gasteiger partial charge on any atom is 0.170 e. The van der Waals surface area contributed by atoms with Crippen molar-refractivity contribution in [3.63, 3.8) is 0 Å². The van der Waals surface area contributed by atoms with Crippen LogP contribution in [0.1, 0.15) is 31.4 Å². The number of halogens is 1. The lowest BCUT2D eigenvalue weighted by atomic mass is 9.90. The van der Waals surface area contributed by atoms with Crippen LogP contribution in [0.2, 0.25) is 0 Å². The molecule has 2 unspecified atom stereocenters. The first-order valence-electron chi connectivity index (χ1n) is 9.86. The van der Waals surface area contributed by atoms with Crippen molar-refractivity contribution in [1.82, 2.24) is 10.1 Å². The second kappa shape index (κ2) is 7.09.